The summed E-state index contributed by atoms with van der Waals surface area (Å²) in [5.41, 5.74) is -1.11. The van der Waals surface area contributed by atoms with Crippen molar-refractivity contribution >= 4 is 17.2 Å². The number of aromatic hydroxyl groups is 1. The van der Waals surface area contributed by atoms with Crippen molar-refractivity contribution in [2.75, 3.05) is 11.9 Å². The number of carbonyl (C=O) groups is 1. The van der Waals surface area contributed by atoms with Gasteiger partial charge in [-0.25, -0.2) is 22.4 Å². The van der Waals surface area contributed by atoms with Gasteiger partial charge in [0.25, 0.3) is 0 Å². The SMILES string of the molecule is C=C(/C=C(F)\C=C/C)c1cc(O)cc(CNc2c(F)ccc(OCC(=O)O)c2F)c1F. The summed E-state index contributed by atoms with van der Waals surface area (Å²) in [5, 5.41) is 20.9. The van der Waals surface area contributed by atoms with Crippen LogP contribution in [0.15, 0.2) is 54.9 Å². The van der Waals surface area contributed by atoms with Crippen LogP contribution in [0.5, 0.6) is 11.5 Å². The van der Waals surface area contributed by atoms with Crippen molar-refractivity contribution in [1.82, 2.24) is 0 Å². The first-order chi connectivity index (χ1) is 14.6. The van der Waals surface area contributed by atoms with Gasteiger partial charge >= 0.3 is 5.97 Å². The summed E-state index contributed by atoms with van der Waals surface area (Å²) in [6.07, 6.45) is 3.54. The molecule has 2 aromatic carbocycles. The van der Waals surface area contributed by atoms with Crippen LogP contribution in [0.25, 0.3) is 5.57 Å². The fourth-order valence-corrected chi connectivity index (χ4v) is 2.61. The average molecular weight is 437 g/mol. The van der Waals surface area contributed by atoms with Crippen molar-refractivity contribution in [3.8, 4) is 11.5 Å². The van der Waals surface area contributed by atoms with Crippen molar-refractivity contribution in [1.29, 1.82) is 0 Å². The molecule has 0 atom stereocenters. The van der Waals surface area contributed by atoms with E-state index in [1.54, 1.807) is 6.92 Å². The largest absolute Gasteiger partial charge is 0.508 e. The Kier molecular flexibility index (Phi) is 7.84. The molecule has 0 bridgehead atoms. The average Bonchev–Trinajstić information content (AvgIpc) is 2.69. The van der Waals surface area contributed by atoms with Gasteiger partial charge in [-0.15, -0.1) is 0 Å². The molecule has 0 aliphatic rings. The molecule has 0 aliphatic carbocycles. The number of allylic oxidation sites excluding steroid dienone is 5. The van der Waals surface area contributed by atoms with E-state index in [4.69, 9.17) is 9.84 Å². The maximum Gasteiger partial charge on any atom is 0.341 e. The topological polar surface area (TPSA) is 78.8 Å². The second kappa shape index (κ2) is 10.3. The quantitative estimate of drug-likeness (QED) is 0.365. The van der Waals surface area contributed by atoms with Gasteiger partial charge in [-0.3, -0.25) is 0 Å². The minimum atomic E-state index is -1.35. The summed E-state index contributed by atoms with van der Waals surface area (Å²) in [4.78, 5) is 10.6. The smallest absolute Gasteiger partial charge is 0.341 e. The number of hydrogen-bond acceptors (Lipinski definition) is 4. The number of phenolic OH excluding ortho intramolecular Hbond substituents is 1. The summed E-state index contributed by atoms with van der Waals surface area (Å²) in [7, 11) is 0. The van der Waals surface area contributed by atoms with E-state index < -0.39 is 53.8 Å². The number of hydrogen-bond donors (Lipinski definition) is 3. The minimum Gasteiger partial charge on any atom is -0.508 e. The summed E-state index contributed by atoms with van der Waals surface area (Å²) in [6, 6.07) is 3.85. The normalized spacial score (nSPS) is 11.6. The van der Waals surface area contributed by atoms with Crippen LogP contribution < -0.4 is 10.1 Å². The number of aliphatic carboxylic acids is 1. The number of anilines is 1. The second-order valence-corrected chi connectivity index (χ2v) is 6.29. The summed E-state index contributed by atoms with van der Waals surface area (Å²) in [6.45, 7) is 3.87. The summed E-state index contributed by atoms with van der Waals surface area (Å²) >= 11 is 0. The molecule has 0 unspecified atom stereocenters. The van der Waals surface area contributed by atoms with Crippen molar-refractivity contribution in [2.24, 2.45) is 0 Å². The highest BCUT2D eigenvalue weighted by Crippen LogP contribution is 2.30. The lowest BCUT2D eigenvalue weighted by Crippen LogP contribution is -2.12. The lowest BCUT2D eigenvalue weighted by molar-refractivity contribution is -0.139. The van der Waals surface area contributed by atoms with Gasteiger partial charge in [-0.05, 0) is 48.9 Å². The zero-order valence-corrected chi connectivity index (χ0v) is 16.4. The second-order valence-electron chi connectivity index (χ2n) is 6.29. The maximum atomic E-state index is 14.9. The van der Waals surface area contributed by atoms with Gasteiger partial charge < -0.3 is 20.3 Å². The number of ether oxygens (including phenoxy) is 1. The molecule has 0 fully saturated rings. The standard InChI is InChI=1S/C22H19F4NO4/c1-3-4-14(23)7-12(2)16-9-15(28)8-13(20(16)25)10-27-22-17(24)5-6-18(21(22)26)31-11-19(29)30/h3-9,27-28H,2,10-11H2,1H3,(H,29,30)/b4-3-,14-7+. The number of carboxylic acid groups (broad SMARTS) is 1. The van der Waals surface area contributed by atoms with Crippen LogP contribution in [-0.4, -0.2) is 22.8 Å². The molecular weight excluding hydrogens is 418 g/mol. The molecule has 2 rings (SSSR count). The lowest BCUT2D eigenvalue weighted by atomic mass is 10.0. The number of halogens is 4. The summed E-state index contributed by atoms with van der Waals surface area (Å²) < 4.78 is 61.8. The first-order valence-corrected chi connectivity index (χ1v) is 8.91. The number of carboxylic acids is 1. The van der Waals surface area contributed by atoms with Crippen molar-refractivity contribution in [3.63, 3.8) is 0 Å². The van der Waals surface area contributed by atoms with Crippen LogP contribution in [0.2, 0.25) is 0 Å². The molecule has 0 saturated carbocycles. The molecule has 0 heterocycles. The van der Waals surface area contributed by atoms with E-state index in [-0.39, 0.29) is 22.4 Å². The first kappa shape index (κ1) is 23.5. The van der Waals surface area contributed by atoms with E-state index in [1.807, 2.05) is 0 Å². The molecule has 164 valence electrons. The lowest BCUT2D eigenvalue weighted by Gasteiger charge is -2.14. The Balaban J connectivity index is 2.31. The Hall–Kier alpha value is -3.75. The molecule has 3 N–H and O–H groups in total. The molecular formula is C22H19F4NO4. The first-order valence-electron chi connectivity index (χ1n) is 8.91. The Bertz CT molecular complexity index is 1060. The highest BCUT2D eigenvalue weighted by atomic mass is 19.1. The van der Waals surface area contributed by atoms with E-state index >= 15 is 0 Å². The van der Waals surface area contributed by atoms with Crippen LogP contribution in [0.1, 0.15) is 18.1 Å². The molecule has 0 radical (unpaired) electrons. The van der Waals surface area contributed by atoms with E-state index in [9.17, 15) is 27.5 Å². The molecule has 9 heteroatoms. The van der Waals surface area contributed by atoms with Crippen LogP contribution in [-0.2, 0) is 11.3 Å². The van der Waals surface area contributed by atoms with Gasteiger partial charge in [0.15, 0.2) is 18.2 Å². The van der Waals surface area contributed by atoms with Crippen LogP contribution in [0, 0.1) is 17.5 Å². The molecule has 31 heavy (non-hydrogen) atoms. The maximum absolute atomic E-state index is 14.9. The highest BCUT2D eigenvalue weighted by molar-refractivity contribution is 5.74. The Labute approximate surface area is 175 Å². The van der Waals surface area contributed by atoms with E-state index in [2.05, 4.69) is 11.9 Å². The molecule has 0 aliphatic heterocycles. The Morgan fingerprint density at radius 1 is 1.23 bits per heavy atom. The Morgan fingerprint density at radius 3 is 2.58 bits per heavy atom. The zero-order valence-electron chi connectivity index (χ0n) is 16.4. The van der Waals surface area contributed by atoms with Gasteiger partial charge in [0, 0.05) is 17.7 Å². The third kappa shape index (κ3) is 6.11. The molecule has 0 saturated heterocycles. The third-order valence-corrected chi connectivity index (χ3v) is 3.98. The predicted molar refractivity (Wildman–Crippen MR) is 108 cm³/mol. The molecule has 2 aromatic rings. The number of benzene rings is 2. The third-order valence-electron chi connectivity index (χ3n) is 3.98. The van der Waals surface area contributed by atoms with Crippen LogP contribution >= 0.6 is 0 Å². The van der Waals surface area contributed by atoms with E-state index in [0.29, 0.717) is 0 Å². The van der Waals surface area contributed by atoms with Crippen molar-refractivity contribution < 1.29 is 37.3 Å². The summed E-state index contributed by atoms with van der Waals surface area (Å²) in [5.74, 6) is -6.02. The van der Waals surface area contributed by atoms with Crippen molar-refractivity contribution in [3.05, 3.63) is 83.5 Å². The van der Waals surface area contributed by atoms with Gasteiger partial charge in [-0.2, -0.15) is 0 Å². The predicted octanol–water partition coefficient (Wildman–Crippen LogP) is 5.33. The van der Waals surface area contributed by atoms with Gasteiger partial charge in [-0.1, -0.05) is 12.7 Å². The number of phenols is 1. The van der Waals surface area contributed by atoms with Crippen LogP contribution in [0.4, 0.5) is 23.2 Å². The molecule has 0 aromatic heterocycles. The van der Waals surface area contributed by atoms with Crippen LogP contribution in [0.3, 0.4) is 0 Å². The minimum absolute atomic E-state index is 0.0633. The monoisotopic (exact) mass is 437 g/mol. The van der Waals surface area contributed by atoms with Gasteiger partial charge in [0.05, 0.1) is 0 Å². The highest BCUT2D eigenvalue weighted by Gasteiger charge is 2.18. The van der Waals surface area contributed by atoms with Crippen molar-refractivity contribution in [2.45, 2.75) is 13.5 Å². The zero-order chi connectivity index (χ0) is 23.1. The number of nitrogens with one attached hydrogen (secondary N) is 1. The molecule has 0 spiro atoms. The fraction of sp³-hybridized carbons (Fsp3) is 0.136. The van der Waals surface area contributed by atoms with E-state index in [0.717, 1.165) is 36.4 Å². The molecule has 5 nitrogen and oxygen atoms in total. The molecule has 0 amide bonds. The van der Waals surface area contributed by atoms with E-state index in [1.165, 1.54) is 6.08 Å². The van der Waals surface area contributed by atoms with Gasteiger partial charge in [0.1, 0.15) is 28.9 Å². The number of rotatable bonds is 9. The van der Waals surface area contributed by atoms with Gasteiger partial charge in [0.2, 0.25) is 0 Å². The fourth-order valence-electron chi connectivity index (χ4n) is 2.61. The Morgan fingerprint density at radius 2 is 1.94 bits per heavy atom.